The fourth-order valence-corrected chi connectivity index (χ4v) is 3.35. The maximum atomic E-state index is 6.06. The van der Waals surface area contributed by atoms with Gasteiger partial charge in [0.2, 0.25) is 0 Å². The third-order valence-electron chi connectivity index (χ3n) is 3.69. The van der Waals surface area contributed by atoms with Crippen LogP contribution in [-0.4, -0.2) is 29.2 Å². The maximum Gasteiger partial charge on any atom is 0.144 e. The first-order valence-corrected chi connectivity index (χ1v) is 11.5. The summed E-state index contributed by atoms with van der Waals surface area (Å²) in [5.41, 5.74) is 1.88. The van der Waals surface area contributed by atoms with E-state index in [4.69, 9.17) is 16.3 Å². The summed E-state index contributed by atoms with van der Waals surface area (Å²) in [6.07, 6.45) is 3.65. The Morgan fingerprint density at radius 1 is 1.18 bits per heavy atom. The van der Waals surface area contributed by atoms with Crippen LogP contribution < -0.4 is 0 Å². The molecule has 3 rings (SSSR count). The molecule has 0 atom stereocenters. The van der Waals surface area contributed by atoms with Gasteiger partial charge in [-0.15, -0.1) is 0 Å². The third kappa shape index (κ3) is 3.16. The van der Waals surface area contributed by atoms with E-state index in [9.17, 15) is 0 Å². The van der Waals surface area contributed by atoms with Crippen LogP contribution in [0.5, 0.6) is 0 Å². The predicted octanol–water partition coefficient (Wildman–Crippen LogP) is 4.55. The fourth-order valence-electron chi connectivity index (χ4n) is 2.45. The van der Waals surface area contributed by atoms with Crippen molar-refractivity contribution in [3.05, 3.63) is 35.7 Å². The van der Waals surface area contributed by atoms with Gasteiger partial charge in [-0.2, -0.15) is 0 Å². The zero-order chi connectivity index (χ0) is 15.7. The molecule has 0 aliphatic carbocycles. The summed E-state index contributed by atoms with van der Waals surface area (Å²) in [7, 11) is -1.08. The lowest BCUT2D eigenvalue weighted by atomic mass is 10.2. The Hall–Kier alpha value is -1.43. The van der Waals surface area contributed by atoms with Gasteiger partial charge in [0.15, 0.2) is 0 Å². The van der Waals surface area contributed by atoms with E-state index in [-0.39, 0.29) is 0 Å². The molecule has 116 valence electrons. The molecule has 3 heterocycles. The van der Waals surface area contributed by atoms with E-state index >= 15 is 0 Å². The first-order valence-electron chi connectivity index (χ1n) is 7.42. The smallest absolute Gasteiger partial charge is 0.144 e. The standard InChI is InChI=1S/C16H20ClN3OSi/c1-22(2,3)9-8-21-11-20-14-10-18-7-6-12(14)13-4-5-15(17)19-16(13)20/h4-7,10H,8-9,11H2,1-3H3. The molecule has 0 bridgehead atoms. The number of rotatable bonds is 5. The summed E-state index contributed by atoms with van der Waals surface area (Å²) < 4.78 is 7.95. The quantitative estimate of drug-likeness (QED) is 0.390. The highest BCUT2D eigenvalue weighted by Crippen LogP contribution is 2.28. The SMILES string of the molecule is C[Si](C)(C)CCOCn1c2cnccc2c2ccc(Cl)nc21. The molecule has 0 saturated carbocycles. The van der Waals surface area contributed by atoms with Gasteiger partial charge in [0, 0.05) is 31.7 Å². The minimum Gasteiger partial charge on any atom is -0.361 e. The number of hydrogen-bond acceptors (Lipinski definition) is 3. The van der Waals surface area contributed by atoms with E-state index < -0.39 is 8.07 Å². The molecule has 0 radical (unpaired) electrons. The topological polar surface area (TPSA) is 39.9 Å². The van der Waals surface area contributed by atoms with E-state index in [1.807, 2.05) is 29.0 Å². The molecule has 3 aromatic heterocycles. The molecule has 0 spiro atoms. The molecule has 22 heavy (non-hydrogen) atoms. The van der Waals surface area contributed by atoms with Crippen LogP contribution in [0.2, 0.25) is 30.8 Å². The van der Waals surface area contributed by atoms with Gasteiger partial charge in [-0.05, 0) is 24.2 Å². The second-order valence-electron chi connectivity index (χ2n) is 6.67. The van der Waals surface area contributed by atoms with Crippen LogP contribution in [0.1, 0.15) is 0 Å². The van der Waals surface area contributed by atoms with E-state index in [1.165, 1.54) is 0 Å². The van der Waals surface area contributed by atoms with Crippen molar-refractivity contribution in [2.45, 2.75) is 32.4 Å². The van der Waals surface area contributed by atoms with E-state index in [1.54, 1.807) is 6.20 Å². The number of aromatic nitrogens is 3. The molecule has 6 heteroatoms. The van der Waals surface area contributed by atoms with Crippen molar-refractivity contribution >= 4 is 41.6 Å². The minimum absolute atomic E-state index is 0.476. The van der Waals surface area contributed by atoms with Gasteiger partial charge in [0.25, 0.3) is 0 Å². The van der Waals surface area contributed by atoms with Crippen LogP contribution in [0.25, 0.3) is 21.9 Å². The Kier molecular flexibility index (Phi) is 4.21. The second-order valence-corrected chi connectivity index (χ2v) is 12.7. The summed E-state index contributed by atoms with van der Waals surface area (Å²) in [6.45, 7) is 8.30. The summed E-state index contributed by atoms with van der Waals surface area (Å²) in [6, 6.07) is 6.98. The van der Waals surface area contributed by atoms with Gasteiger partial charge < -0.3 is 4.74 Å². The van der Waals surface area contributed by atoms with Gasteiger partial charge >= 0.3 is 0 Å². The largest absolute Gasteiger partial charge is 0.361 e. The highest BCUT2D eigenvalue weighted by Gasteiger charge is 2.14. The number of pyridine rings is 2. The number of hydrogen-bond donors (Lipinski definition) is 0. The number of halogens is 1. The van der Waals surface area contributed by atoms with Gasteiger partial charge in [-0.3, -0.25) is 9.55 Å². The highest BCUT2D eigenvalue weighted by atomic mass is 35.5. The summed E-state index contributed by atoms with van der Waals surface area (Å²) in [5.74, 6) is 0. The summed E-state index contributed by atoms with van der Waals surface area (Å²) in [5, 5.41) is 2.70. The van der Waals surface area contributed by atoms with Gasteiger partial charge in [0.05, 0.1) is 11.7 Å². The Bertz CT molecular complexity index is 810. The van der Waals surface area contributed by atoms with Crippen molar-refractivity contribution in [3.63, 3.8) is 0 Å². The molecule has 0 fully saturated rings. The number of fused-ring (bicyclic) bond motifs is 3. The Balaban J connectivity index is 1.94. The second kappa shape index (κ2) is 5.99. The van der Waals surface area contributed by atoms with Crippen molar-refractivity contribution in [2.75, 3.05) is 6.61 Å². The van der Waals surface area contributed by atoms with E-state index in [0.717, 1.165) is 34.6 Å². The van der Waals surface area contributed by atoms with Crippen LogP contribution in [0.4, 0.5) is 0 Å². The predicted molar refractivity (Wildman–Crippen MR) is 94.1 cm³/mol. The molecule has 0 saturated heterocycles. The lowest BCUT2D eigenvalue weighted by Gasteiger charge is -2.16. The lowest BCUT2D eigenvalue weighted by Crippen LogP contribution is -2.22. The van der Waals surface area contributed by atoms with Crippen LogP contribution in [0, 0.1) is 0 Å². The zero-order valence-electron chi connectivity index (χ0n) is 13.1. The fraction of sp³-hybridized carbons (Fsp3) is 0.375. The van der Waals surface area contributed by atoms with Crippen LogP contribution in [0.3, 0.4) is 0 Å². The molecule has 0 aliphatic rings. The van der Waals surface area contributed by atoms with Crippen molar-refractivity contribution in [3.8, 4) is 0 Å². The monoisotopic (exact) mass is 333 g/mol. The Labute approximate surface area is 136 Å². The first kappa shape index (κ1) is 15.5. The van der Waals surface area contributed by atoms with E-state index in [2.05, 4.69) is 29.6 Å². The lowest BCUT2D eigenvalue weighted by molar-refractivity contribution is 0.0925. The molecule has 0 N–H and O–H groups in total. The van der Waals surface area contributed by atoms with Gasteiger partial charge in [0.1, 0.15) is 17.5 Å². The molecule has 3 aromatic rings. The summed E-state index contributed by atoms with van der Waals surface area (Å²) >= 11 is 6.06. The first-order chi connectivity index (χ1) is 10.5. The molecular formula is C16H20ClN3OSi. The van der Waals surface area contributed by atoms with Crippen molar-refractivity contribution in [1.29, 1.82) is 0 Å². The van der Waals surface area contributed by atoms with Crippen LogP contribution in [-0.2, 0) is 11.5 Å². The average molecular weight is 334 g/mol. The normalized spacial score (nSPS) is 12.4. The minimum atomic E-state index is -1.08. The number of ether oxygens (including phenoxy) is 1. The molecule has 0 aromatic carbocycles. The average Bonchev–Trinajstić information content (AvgIpc) is 2.76. The van der Waals surface area contributed by atoms with Gasteiger partial charge in [-0.1, -0.05) is 31.2 Å². The Morgan fingerprint density at radius 2 is 2.00 bits per heavy atom. The zero-order valence-corrected chi connectivity index (χ0v) is 14.9. The van der Waals surface area contributed by atoms with Crippen molar-refractivity contribution in [2.24, 2.45) is 0 Å². The van der Waals surface area contributed by atoms with Crippen LogP contribution in [0.15, 0.2) is 30.6 Å². The molecule has 0 aliphatic heterocycles. The molecule has 0 amide bonds. The van der Waals surface area contributed by atoms with Crippen molar-refractivity contribution in [1.82, 2.24) is 14.5 Å². The molecular weight excluding hydrogens is 314 g/mol. The molecule has 0 unspecified atom stereocenters. The molecule has 4 nitrogen and oxygen atoms in total. The highest BCUT2D eigenvalue weighted by molar-refractivity contribution is 6.76. The van der Waals surface area contributed by atoms with Crippen LogP contribution >= 0.6 is 11.6 Å². The third-order valence-corrected chi connectivity index (χ3v) is 5.61. The van der Waals surface area contributed by atoms with E-state index in [0.29, 0.717) is 11.9 Å². The number of nitrogens with zero attached hydrogens (tertiary/aromatic N) is 3. The van der Waals surface area contributed by atoms with Gasteiger partial charge in [-0.25, -0.2) is 4.98 Å². The summed E-state index contributed by atoms with van der Waals surface area (Å²) in [4.78, 5) is 8.70. The van der Waals surface area contributed by atoms with Crippen molar-refractivity contribution < 1.29 is 4.74 Å². The Morgan fingerprint density at radius 3 is 2.77 bits per heavy atom. The maximum absolute atomic E-state index is 6.06.